The number of para-hydroxylation sites is 3. The maximum absolute atomic E-state index is 12.5. The van der Waals surface area contributed by atoms with Crippen molar-refractivity contribution in [2.24, 2.45) is 5.10 Å². The molecule has 1 N–H and O–H groups in total. The number of nitrogens with zero attached hydrogens (tertiary/aromatic N) is 3. The highest BCUT2D eigenvalue weighted by atomic mass is 35.5. The van der Waals surface area contributed by atoms with Crippen molar-refractivity contribution in [3.63, 3.8) is 0 Å². The van der Waals surface area contributed by atoms with Crippen LogP contribution in [0.4, 0.5) is 0 Å². The third kappa shape index (κ3) is 6.58. The van der Waals surface area contributed by atoms with E-state index in [0.29, 0.717) is 17.3 Å². The number of ether oxygens (including phenoxy) is 1. The van der Waals surface area contributed by atoms with E-state index in [-0.39, 0.29) is 11.7 Å². The molecule has 0 unspecified atom stereocenters. The summed E-state index contributed by atoms with van der Waals surface area (Å²) in [6, 6.07) is 32.7. The van der Waals surface area contributed by atoms with E-state index in [2.05, 4.69) is 15.1 Å². The Balaban J connectivity index is 1.21. The molecular formula is C29H23ClN4O2S. The zero-order valence-electron chi connectivity index (χ0n) is 19.8. The number of rotatable bonds is 9. The van der Waals surface area contributed by atoms with E-state index in [1.54, 1.807) is 6.21 Å². The van der Waals surface area contributed by atoms with Gasteiger partial charge in [0.25, 0.3) is 5.91 Å². The summed E-state index contributed by atoms with van der Waals surface area (Å²) >= 11 is 7.41. The lowest BCUT2D eigenvalue weighted by atomic mass is 10.2. The van der Waals surface area contributed by atoms with Gasteiger partial charge in [0.05, 0.1) is 29.5 Å². The van der Waals surface area contributed by atoms with Crippen LogP contribution in [0.25, 0.3) is 11.0 Å². The van der Waals surface area contributed by atoms with Gasteiger partial charge in [-0.25, -0.2) is 10.4 Å². The quantitative estimate of drug-likeness (QED) is 0.131. The van der Waals surface area contributed by atoms with Gasteiger partial charge in [0.1, 0.15) is 11.5 Å². The number of nitrogens with one attached hydrogen (secondary N) is 1. The van der Waals surface area contributed by atoms with Crippen molar-refractivity contribution < 1.29 is 9.53 Å². The molecule has 1 amide bonds. The van der Waals surface area contributed by atoms with Crippen molar-refractivity contribution in [1.82, 2.24) is 15.0 Å². The van der Waals surface area contributed by atoms with Crippen LogP contribution in [0.2, 0.25) is 5.02 Å². The molecule has 184 valence electrons. The zero-order valence-corrected chi connectivity index (χ0v) is 21.3. The molecule has 5 aromatic rings. The van der Waals surface area contributed by atoms with Crippen LogP contribution >= 0.6 is 23.4 Å². The van der Waals surface area contributed by atoms with E-state index >= 15 is 0 Å². The van der Waals surface area contributed by atoms with Crippen LogP contribution in [-0.4, -0.2) is 27.4 Å². The van der Waals surface area contributed by atoms with Gasteiger partial charge in [0.2, 0.25) is 0 Å². The Morgan fingerprint density at radius 2 is 1.70 bits per heavy atom. The second-order valence-corrected chi connectivity index (χ2v) is 9.54. The summed E-state index contributed by atoms with van der Waals surface area (Å²) in [6.45, 7) is 0.626. The van der Waals surface area contributed by atoms with Gasteiger partial charge in [0, 0.05) is 5.02 Å². The third-order valence-electron chi connectivity index (χ3n) is 5.45. The lowest BCUT2D eigenvalue weighted by Gasteiger charge is -2.09. The number of amides is 1. The summed E-state index contributed by atoms with van der Waals surface area (Å²) < 4.78 is 7.96. The molecule has 0 saturated heterocycles. The third-order valence-corrected chi connectivity index (χ3v) is 6.67. The molecule has 0 aliphatic rings. The Bertz CT molecular complexity index is 1540. The SMILES string of the molecule is O=C(CSc1nc2ccccc2n1Cc1ccc(Cl)cc1)NN=Cc1cccc(Oc2ccccc2)c1. The van der Waals surface area contributed by atoms with Gasteiger partial charge in [-0.15, -0.1) is 0 Å². The van der Waals surface area contributed by atoms with Crippen LogP contribution in [-0.2, 0) is 11.3 Å². The molecule has 0 aliphatic heterocycles. The number of hydrogen-bond acceptors (Lipinski definition) is 5. The van der Waals surface area contributed by atoms with Crippen LogP contribution in [0.5, 0.6) is 11.5 Å². The van der Waals surface area contributed by atoms with Gasteiger partial charge in [0.15, 0.2) is 5.16 Å². The number of hydrogen-bond donors (Lipinski definition) is 1. The fourth-order valence-electron chi connectivity index (χ4n) is 3.71. The van der Waals surface area contributed by atoms with Crippen LogP contribution in [0, 0.1) is 0 Å². The lowest BCUT2D eigenvalue weighted by molar-refractivity contribution is -0.118. The van der Waals surface area contributed by atoms with Gasteiger partial charge in [-0.3, -0.25) is 4.79 Å². The predicted octanol–water partition coefficient (Wildman–Crippen LogP) is 6.77. The highest BCUT2D eigenvalue weighted by Gasteiger charge is 2.13. The largest absolute Gasteiger partial charge is 0.457 e. The summed E-state index contributed by atoms with van der Waals surface area (Å²) in [4.78, 5) is 17.3. The summed E-state index contributed by atoms with van der Waals surface area (Å²) in [6.07, 6.45) is 1.59. The van der Waals surface area contributed by atoms with E-state index in [1.165, 1.54) is 11.8 Å². The minimum atomic E-state index is -0.219. The number of aromatic nitrogens is 2. The molecule has 0 bridgehead atoms. The highest BCUT2D eigenvalue weighted by molar-refractivity contribution is 7.99. The Kier molecular flexibility index (Phi) is 7.84. The molecule has 8 heteroatoms. The molecule has 1 heterocycles. The van der Waals surface area contributed by atoms with Crippen LogP contribution in [0.15, 0.2) is 113 Å². The van der Waals surface area contributed by atoms with Gasteiger partial charge >= 0.3 is 0 Å². The first-order chi connectivity index (χ1) is 18.1. The summed E-state index contributed by atoms with van der Waals surface area (Å²) in [5.41, 5.74) is 6.40. The molecule has 5 rings (SSSR count). The van der Waals surface area contributed by atoms with Gasteiger partial charge < -0.3 is 9.30 Å². The number of thioether (sulfide) groups is 1. The van der Waals surface area contributed by atoms with E-state index in [0.717, 1.165) is 33.1 Å². The first-order valence-electron chi connectivity index (χ1n) is 11.6. The van der Waals surface area contributed by atoms with Crippen LogP contribution < -0.4 is 10.2 Å². The van der Waals surface area contributed by atoms with E-state index < -0.39 is 0 Å². The maximum Gasteiger partial charge on any atom is 0.250 e. The molecular weight excluding hydrogens is 504 g/mol. The van der Waals surface area contributed by atoms with Gasteiger partial charge in [-0.2, -0.15) is 5.10 Å². The molecule has 1 aromatic heterocycles. The first kappa shape index (κ1) is 24.6. The number of fused-ring (bicyclic) bond motifs is 1. The Morgan fingerprint density at radius 3 is 2.54 bits per heavy atom. The Hall–Kier alpha value is -4.07. The van der Waals surface area contributed by atoms with Crippen LogP contribution in [0.3, 0.4) is 0 Å². The van der Waals surface area contributed by atoms with Gasteiger partial charge in [-0.05, 0) is 59.7 Å². The molecule has 0 saturated carbocycles. The van der Waals surface area contributed by atoms with Crippen molar-refractivity contribution >= 4 is 46.5 Å². The molecule has 0 spiro atoms. The standard InChI is InChI=1S/C29H23ClN4O2S/c30-23-15-13-21(14-16-23)19-34-27-12-5-4-11-26(27)32-29(34)37-20-28(35)33-31-18-22-7-6-10-25(17-22)36-24-8-2-1-3-9-24/h1-18H,19-20H2,(H,33,35). The van der Waals surface area contributed by atoms with E-state index in [4.69, 9.17) is 21.3 Å². The minimum absolute atomic E-state index is 0.179. The number of benzene rings is 4. The lowest BCUT2D eigenvalue weighted by Crippen LogP contribution is -2.20. The van der Waals surface area contributed by atoms with Crippen molar-refractivity contribution in [2.45, 2.75) is 11.7 Å². The van der Waals surface area contributed by atoms with Crippen molar-refractivity contribution in [2.75, 3.05) is 5.75 Å². The maximum atomic E-state index is 12.5. The summed E-state index contributed by atoms with van der Waals surface area (Å²) in [5, 5.41) is 5.57. The summed E-state index contributed by atoms with van der Waals surface area (Å²) in [5.74, 6) is 1.40. The number of hydrazone groups is 1. The average Bonchev–Trinajstić information content (AvgIpc) is 3.27. The smallest absolute Gasteiger partial charge is 0.250 e. The van der Waals surface area contributed by atoms with E-state index in [9.17, 15) is 4.79 Å². The zero-order chi connectivity index (χ0) is 25.5. The molecule has 0 fully saturated rings. The molecule has 37 heavy (non-hydrogen) atoms. The van der Waals surface area contributed by atoms with Gasteiger partial charge in [-0.1, -0.05) is 78.0 Å². The number of halogens is 1. The fourth-order valence-corrected chi connectivity index (χ4v) is 4.65. The molecule has 0 radical (unpaired) electrons. The van der Waals surface area contributed by atoms with Crippen LogP contribution in [0.1, 0.15) is 11.1 Å². The molecule has 0 aliphatic carbocycles. The Labute approximate surface area is 223 Å². The van der Waals surface area contributed by atoms with Crippen molar-refractivity contribution in [1.29, 1.82) is 0 Å². The summed E-state index contributed by atoms with van der Waals surface area (Å²) in [7, 11) is 0. The highest BCUT2D eigenvalue weighted by Crippen LogP contribution is 2.26. The van der Waals surface area contributed by atoms with E-state index in [1.807, 2.05) is 103 Å². The molecule has 6 nitrogen and oxygen atoms in total. The predicted molar refractivity (Wildman–Crippen MR) is 150 cm³/mol. The second kappa shape index (κ2) is 11.8. The molecule has 0 atom stereocenters. The first-order valence-corrected chi connectivity index (χ1v) is 13.0. The normalized spacial score (nSPS) is 11.2. The average molecular weight is 527 g/mol. The monoisotopic (exact) mass is 526 g/mol. The number of carbonyl (C=O) groups excluding carboxylic acids is 1. The topological polar surface area (TPSA) is 68.5 Å². The molecule has 4 aromatic carbocycles. The van der Waals surface area contributed by atoms with Crippen molar-refractivity contribution in [3.05, 3.63) is 119 Å². The fraction of sp³-hybridized carbons (Fsp3) is 0.0690. The number of imidazole rings is 1. The minimum Gasteiger partial charge on any atom is -0.457 e. The Morgan fingerprint density at radius 1 is 0.946 bits per heavy atom. The number of carbonyl (C=O) groups is 1. The second-order valence-electron chi connectivity index (χ2n) is 8.17. The van der Waals surface area contributed by atoms with Crippen molar-refractivity contribution in [3.8, 4) is 11.5 Å².